The number of carboxylic acids is 1. The molecule has 2 aromatic rings. The number of hydrogen-bond donors (Lipinski definition) is 2. The first-order chi connectivity index (χ1) is 13.9. The van der Waals surface area contributed by atoms with Gasteiger partial charge < -0.3 is 20.3 Å². The predicted octanol–water partition coefficient (Wildman–Crippen LogP) is 5.84. The van der Waals surface area contributed by atoms with Gasteiger partial charge in [-0.05, 0) is 74.7 Å². The standard InChI is InChI=1S/C17H24O4.C6H6ClN/c1-14(2)13-20-11-5-3-4-6-12-21-16-9-7-15(8-10-16)17(18)19;7-5-1-3-6(8)4-2-5/h7-10H,1,3-6,11-13H2,2H3,(H,18,19);1-4H,8H2. The number of aromatic carboxylic acids is 1. The van der Waals surface area contributed by atoms with E-state index in [0.29, 0.717) is 19.0 Å². The molecule has 0 aliphatic rings. The molecule has 2 rings (SSSR count). The molecule has 0 aromatic heterocycles. The van der Waals surface area contributed by atoms with E-state index in [2.05, 4.69) is 6.58 Å². The van der Waals surface area contributed by atoms with Crippen molar-refractivity contribution in [3.05, 3.63) is 71.3 Å². The fourth-order valence-electron chi connectivity index (χ4n) is 2.25. The maximum atomic E-state index is 10.7. The first-order valence-corrected chi connectivity index (χ1v) is 9.95. The minimum Gasteiger partial charge on any atom is -0.494 e. The minimum absolute atomic E-state index is 0.275. The topological polar surface area (TPSA) is 81.8 Å². The highest BCUT2D eigenvalue weighted by atomic mass is 35.5. The summed E-state index contributed by atoms with van der Waals surface area (Å²) in [4.78, 5) is 10.7. The molecule has 0 bridgehead atoms. The summed E-state index contributed by atoms with van der Waals surface area (Å²) in [6.45, 7) is 7.82. The second kappa shape index (κ2) is 14.5. The van der Waals surface area contributed by atoms with E-state index in [1.54, 1.807) is 48.5 Å². The number of anilines is 1. The molecule has 6 heteroatoms. The number of nitrogens with two attached hydrogens (primary N) is 1. The highest BCUT2D eigenvalue weighted by Crippen LogP contribution is 2.13. The van der Waals surface area contributed by atoms with Gasteiger partial charge in [0.05, 0.1) is 18.8 Å². The van der Waals surface area contributed by atoms with Crippen molar-refractivity contribution in [3.8, 4) is 5.75 Å². The lowest BCUT2D eigenvalue weighted by atomic mass is 10.2. The largest absolute Gasteiger partial charge is 0.494 e. The Morgan fingerprint density at radius 3 is 2.10 bits per heavy atom. The highest BCUT2D eigenvalue weighted by Gasteiger charge is 2.01. The van der Waals surface area contributed by atoms with Crippen LogP contribution in [0.15, 0.2) is 60.7 Å². The van der Waals surface area contributed by atoms with Gasteiger partial charge in [-0.15, -0.1) is 0 Å². The third-order valence-electron chi connectivity index (χ3n) is 3.77. The number of halogens is 1. The number of hydrogen-bond acceptors (Lipinski definition) is 4. The number of ether oxygens (including phenoxy) is 2. The molecule has 0 unspecified atom stereocenters. The summed E-state index contributed by atoms with van der Waals surface area (Å²) < 4.78 is 11.0. The number of carbonyl (C=O) groups is 1. The average Bonchev–Trinajstić information content (AvgIpc) is 2.69. The van der Waals surface area contributed by atoms with Crippen molar-refractivity contribution in [2.75, 3.05) is 25.6 Å². The minimum atomic E-state index is -0.921. The third-order valence-corrected chi connectivity index (χ3v) is 4.02. The van der Waals surface area contributed by atoms with E-state index in [4.69, 9.17) is 31.9 Å². The molecule has 0 saturated carbocycles. The van der Waals surface area contributed by atoms with Crippen molar-refractivity contribution in [1.82, 2.24) is 0 Å². The van der Waals surface area contributed by atoms with Crippen molar-refractivity contribution in [1.29, 1.82) is 0 Å². The zero-order valence-electron chi connectivity index (χ0n) is 16.9. The van der Waals surface area contributed by atoms with Crippen LogP contribution >= 0.6 is 11.6 Å². The van der Waals surface area contributed by atoms with Gasteiger partial charge in [-0.2, -0.15) is 0 Å². The SMILES string of the molecule is C=C(C)COCCCCCCOc1ccc(C(=O)O)cc1.Nc1ccc(Cl)cc1. The lowest BCUT2D eigenvalue weighted by Crippen LogP contribution is -2.00. The lowest BCUT2D eigenvalue weighted by molar-refractivity contribution is 0.0697. The van der Waals surface area contributed by atoms with E-state index in [-0.39, 0.29) is 5.56 Å². The Balaban J connectivity index is 0.000000436. The summed E-state index contributed by atoms with van der Waals surface area (Å²) in [5.41, 5.74) is 7.44. The van der Waals surface area contributed by atoms with Crippen LogP contribution in [0.4, 0.5) is 5.69 Å². The fourth-order valence-corrected chi connectivity index (χ4v) is 2.38. The molecule has 2 aromatic carbocycles. The monoisotopic (exact) mass is 419 g/mol. The lowest BCUT2D eigenvalue weighted by Gasteiger charge is -2.07. The van der Waals surface area contributed by atoms with Crippen LogP contribution in [0.3, 0.4) is 0 Å². The van der Waals surface area contributed by atoms with Crippen LogP contribution in [0.25, 0.3) is 0 Å². The molecule has 0 radical (unpaired) electrons. The Kier molecular flexibility index (Phi) is 12.3. The van der Waals surface area contributed by atoms with Gasteiger partial charge >= 0.3 is 5.97 Å². The molecule has 5 nitrogen and oxygen atoms in total. The Labute approximate surface area is 178 Å². The summed E-state index contributed by atoms with van der Waals surface area (Å²) in [5, 5.41) is 9.51. The zero-order valence-corrected chi connectivity index (χ0v) is 17.7. The van der Waals surface area contributed by atoms with Crippen LogP contribution in [0.5, 0.6) is 5.75 Å². The van der Waals surface area contributed by atoms with E-state index in [1.807, 2.05) is 6.92 Å². The summed E-state index contributed by atoms with van der Waals surface area (Å²) in [6, 6.07) is 13.5. The van der Waals surface area contributed by atoms with Crippen molar-refractivity contribution in [2.45, 2.75) is 32.6 Å². The molecule has 0 amide bonds. The molecular weight excluding hydrogens is 390 g/mol. The normalized spacial score (nSPS) is 10.0. The average molecular weight is 420 g/mol. The van der Waals surface area contributed by atoms with Crippen LogP contribution in [0.1, 0.15) is 43.0 Å². The first-order valence-electron chi connectivity index (χ1n) is 9.58. The molecule has 0 heterocycles. The molecule has 0 aliphatic heterocycles. The van der Waals surface area contributed by atoms with E-state index in [0.717, 1.165) is 48.6 Å². The third kappa shape index (κ3) is 12.5. The highest BCUT2D eigenvalue weighted by molar-refractivity contribution is 6.30. The molecule has 0 saturated heterocycles. The summed E-state index contributed by atoms with van der Waals surface area (Å²) in [7, 11) is 0. The maximum absolute atomic E-state index is 10.7. The molecule has 0 atom stereocenters. The Bertz CT molecular complexity index is 709. The predicted molar refractivity (Wildman–Crippen MR) is 119 cm³/mol. The van der Waals surface area contributed by atoms with Crippen LogP contribution in [-0.4, -0.2) is 30.9 Å². The number of rotatable bonds is 11. The van der Waals surface area contributed by atoms with Gasteiger partial charge in [0.25, 0.3) is 0 Å². The number of benzene rings is 2. The number of unbranched alkanes of at least 4 members (excludes halogenated alkanes) is 3. The molecule has 0 spiro atoms. The van der Waals surface area contributed by atoms with Gasteiger partial charge in [0, 0.05) is 17.3 Å². The van der Waals surface area contributed by atoms with Crippen LogP contribution in [0, 0.1) is 0 Å². The fraction of sp³-hybridized carbons (Fsp3) is 0.348. The van der Waals surface area contributed by atoms with E-state index in [9.17, 15) is 4.79 Å². The van der Waals surface area contributed by atoms with Crippen LogP contribution < -0.4 is 10.5 Å². The summed E-state index contributed by atoms with van der Waals surface area (Å²) >= 11 is 5.56. The van der Waals surface area contributed by atoms with Crippen molar-refractivity contribution >= 4 is 23.3 Å². The van der Waals surface area contributed by atoms with Gasteiger partial charge in [-0.1, -0.05) is 30.2 Å². The van der Waals surface area contributed by atoms with Crippen molar-refractivity contribution in [2.24, 2.45) is 0 Å². The van der Waals surface area contributed by atoms with Gasteiger partial charge in [-0.3, -0.25) is 0 Å². The number of nitrogen functional groups attached to an aromatic ring is 1. The van der Waals surface area contributed by atoms with E-state index >= 15 is 0 Å². The Morgan fingerprint density at radius 2 is 1.59 bits per heavy atom. The molecular formula is C23H30ClNO4. The molecule has 3 N–H and O–H groups in total. The first kappa shape index (κ1) is 24.5. The van der Waals surface area contributed by atoms with Crippen molar-refractivity contribution in [3.63, 3.8) is 0 Å². The van der Waals surface area contributed by atoms with Gasteiger partial charge in [0.1, 0.15) is 5.75 Å². The Morgan fingerprint density at radius 1 is 1.00 bits per heavy atom. The van der Waals surface area contributed by atoms with Gasteiger partial charge in [0.15, 0.2) is 0 Å². The van der Waals surface area contributed by atoms with Crippen LogP contribution in [0.2, 0.25) is 5.02 Å². The van der Waals surface area contributed by atoms with Crippen molar-refractivity contribution < 1.29 is 19.4 Å². The molecule has 29 heavy (non-hydrogen) atoms. The molecule has 158 valence electrons. The zero-order chi connectivity index (χ0) is 21.5. The second-order valence-electron chi connectivity index (χ2n) is 6.65. The summed E-state index contributed by atoms with van der Waals surface area (Å²) in [6.07, 6.45) is 4.27. The maximum Gasteiger partial charge on any atom is 0.335 e. The second-order valence-corrected chi connectivity index (χ2v) is 7.09. The smallest absolute Gasteiger partial charge is 0.335 e. The van der Waals surface area contributed by atoms with Crippen LogP contribution in [-0.2, 0) is 4.74 Å². The Hall–Kier alpha value is -2.50. The summed E-state index contributed by atoms with van der Waals surface area (Å²) in [5.74, 6) is -0.208. The van der Waals surface area contributed by atoms with Gasteiger partial charge in [-0.25, -0.2) is 4.79 Å². The molecule has 0 fully saturated rings. The number of carboxylic acid groups (broad SMARTS) is 1. The van der Waals surface area contributed by atoms with E-state index < -0.39 is 5.97 Å². The molecule has 0 aliphatic carbocycles. The quantitative estimate of drug-likeness (QED) is 0.271. The van der Waals surface area contributed by atoms with Gasteiger partial charge in [0.2, 0.25) is 0 Å². The van der Waals surface area contributed by atoms with E-state index in [1.165, 1.54) is 0 Å².